The molecule has 1 N–H and O–H groups in total. The van der Waals surface area contributed by atoms with Crippen LogP contribution in [0.3, 0.4) is 0 Å². The van der Waals surface area contributed by atoms with Crippen molar-refractivity contribution in [2.24, 2.45) is 0 Å². The fraction of sp³-hybridized carbons (Fsp3) is 0.423. The standard InChI is InChI=1S/C26H36N3P/c1-20-12-14-22(15-13-20)26(2,3)19-24(30)29(4)25(21-9-5-6-10-21)28-18-16-23-11-7-8-17-27-23/h7-8,11-15,17,19,28H,5-6,9-10,16,18,30H2,1-4H3/b24-19+. The van der Waals surface area contributed by atoms with Crippen LogP contribution in [0.2, 0.25) is 0 Å². The zero-order valence-corrected chi connectivity index (χ0v) is 20.1. The molecule has 1 heterocycles. The maximum atomic E-state index is 4.46. The molecule has 1 fully saturated rings. The van der Waals surface area contributed by atoms with Crippen molar-refractivity contribution in [3.8, 4) is 0 Å². The van der Waals surface area contributed by atoms with Gasteiger partial charge in [-0.3, -0.25) is 4.98 Å². The first-order valence-corrected chi connectivity index (χ1v) is 11.6. The summed E-state index contributed by atoms with van der Waals surface area (Å²) in [4.78, 5) is 6.78. The van der Waals surface area contributed by atoms with Crippen LogP contribution in [0.25, 0.3) is 0 Å². The molecule has 1 unspecified atom stereocenters. The second kappa shape index (κ2) is 10.3. The second-order valence-electron chi connectivity index (χ2n) is 8.87. The first kappa shape index (κ1) is 22.6. The van der Waals surface area contributed by atoms with Gasteiger partial charge in [-0.25, -0.2) is 0 Å². The van der Waals surface area contributed by atoms with Gasteiger partial charge in [0.15, 0.2) is 0 Å². The Kier molecular flexibility index (Phi) is 7.72. The minimum Gasteiger partial charge on any atom is -0.371 e. The van der Waals surface area contributed by atoms with Crippen LogP contribution < -0.4 is 5.32 Å². The van der Waals surface area contributed by atoms with Crippen LogP contribution in [0.15, 0.2) is 71.6 Å². The Morgan fingerprint density at radius 3 is 2.47 bits per heavy atom. The molecule has 160 valence electrons. The molecule has 2 aromatic rings. The average Bonchev–Trinajstić information content (AvgIpc) is 3.26. The molecule has 0 aliphatic heterocycles. The van der Waals surface area contributed by atoms with Gasteiger partial charge in [0.1, 0.15) is 5.82 Å². The van der Waals surface area contributed by atoms with Gasteiger partial charge in [0.25, 0.3) is 0 Å². The van der Waals surface area contributed by atoms with Crippen LogP contribution >= 0.6 is 9.24 Å². The third kappa shape index (κ3) is 5.95. The highest BCUT2D eigenvalue weighted by Crippen LogP contribution is 2.32. The van der Waals surface area contributed by atoms with Crippen molar-refractivity contribution in [3.05, 3.63) is 88.4 Å². The third-order valence-corrected chi connectivity index (χ3v) is 6.52. The first-order valence-electron chi connectivity index (χ1n) is 11.0. The lowest BCUT2D eigenvalue weighted by atomic mass is 9.84. The van der Waals surface area contributed by atoms with E-state index >= 15 is 0 Å². The summed E-state index contributed by atoms with van der Waals surface area (Å²) < 4.78 is 0. The highest BCUT2D eigenvalue weighted by molar-refractivity contribution is 7.22. The summed E-state index contributed by atoms with van der Waals surface area (Å²) in [6.45, 7) is 7.59. The predicted molar refractivity (Wildman–Crippen MR) is 131 cm³/mol. The lowest BCUT2D eigenvalue weighted by Gasteiger charge is -2.30. The van der Waals surface area contributed by atoms with Crippen LogP contribution in [0.4, 0.5) is 0 Å². The predicted octanol–water partition coefficient (Wildman–Crippen LogP) is 5.93. The summed E-state index contributed by atoms with van der Waals surface area (Å²) in [6, 6.07) is 15.0. The number of hydrogen-bond donors (Lipinski definition) is 1. The zero-order chi connectivity index (χ0) is 21.6. The van der Waals surface area contributed by atoms with Gasteiger partial charge in [0.2, 0.25) is 0 Å². The Balaban J connectivity index is 1.76. The van der Waals surface area contributed by atoms with Crippen LogP contribution in [-0.2, 0) is 11.8 Å². The first-order chi connectivity index (χ1) is 14.4. The summed E-state index contributed by atoms with van der Waals surface area (Å²) in [6.07, 6.45) is 10.1. The number of benzene rings is 1. The highest BCUT2D eigenvalue weighted by Gasteiger charge is 2.21. The van der Waals surface area contributed by atoms with Crippen molar-refractivity contribution in [2.75, 3.05) is 13.6 Å². The van der Waals surface area contributed by atoms with Gasteiger partial charge in [-0.2, -0.15) is 0 Å². The van der Waals surface area contributed by atoms with Crippen molar-refractivity contribution in [1.29, 1.82) is 0 Å². The van der Waals surface area contributed by atoms with E-state index in [9.17, 15) is 0 Å². The summed E-state index contributed by atoms with van der Waals surface area (Å²) in [5, 5.41) is 3.74. The van der Waals surface area contributed by atoms with E-state index in [1.165, 1.54) is 48.1 Å². The molecule has 0 spiro atoms. The average molecular weight is 422 g/mol. The van der Waals surface area contributed by atoms with Crippen molar-refractivity contribution in [1.82, 2.24) is 15.2 Å². The molecule has 1 saturated carbocycles. The smallest absolute Gasteiger partial charge is 0.105 e. The van der Waals surface area contributed by atoms with Gasteiger partial charge in [-0.1, -0.05) is 65.1 Å². The fourth-order valence-corrected chi connectivity index (χ4v) is 4.58. The number of aryl methyl sites for hydroxylation is 1. The minimum absolute atomic E-state index is 0.0432. The Bertz CT molecular complexity index is 874. The number of rotatable bonds is 8. The molecule has 3 rings (SSSR count). The second-order valence-corrected chi connectivity index (χ2v) is 9.46. The normalized spacial score (nSPS) is 14.7. The monoisotopic (exact) mass is 421 g/mol. The molecule has 1 atom stereocenters. The fourth-order valence-electron chi connectivity index (χ4n) is 4.04. The van der Waals surface area contributed by atoms with E-state index in [0.29, 0.717) is 0 Å². The van der Waals surface area contributed by atoms with Crippen LogP contribution in [0.5, 0.6) is 0 Å². The Labute approximate surface area is 184 Å². The highest BCUT2D eigenvalue weighted by atomic mass is 31.0. The lowest BCUT2D eigenvalue weighted by Crippen LogP contribution is -2.30. The van der Waals surface area contributed by atoms with Gasteiger partial charge in [0.05, 0.1) is 0 Å². The Hall–Kier alpha value is -2.12. The molecule has 1 aliphatic rings. The van der Waals surface area contributed by atoms with E-state index in [4.69, 9.17) is 0 Å². The van der Waals surface area contributed by atoms with E-state index in [2.05, 4.69) is 94.7 Å². The molecule has 1 aliphatic carbocycles. The Morgan fingerprint density at radius 2 is 1.83 bits per heavy atom. The molecule has 0 saturated heterocycles. The molecular formula is C26H36N3P. The van der Waals surface area contributed by atoms with Crippen molar-refractivity contribution < 1.29 is 0 Å². The van der Waals surface area contributed by atoms with Crippen LogP contribution in [-0.4, -0.2) is 23.5 Å². The number of nitrogens with zero attached hydrogens (tertiary/aromatic N) is 2. The lowest BCUT2D eigenvalue weighted by molar-refractivity contribution is 0.475. The van der Waals surface area contributed by atoms with Gasteiger partial charge < -0.3 is 10.2 Å². The van der Waals surface area contributed by atoms with Crippen molar-refractivity contribution in [3.63, 3.8) is 0 Å². The summed E-state index contributed by atoms with van der Waals surface area (Å²) in [5.41, 5.74) is 6.45. The topological polar surface area (TPSA) is 28.2 Å². The van der Waals surface area contributed by atoms with Gasteiger partial charge in [-0.15, -0.1) is 0 Å². The summed E-state index contributed by atoms with van der Waals surface area (Å²) >= 11 is 0. The maximum absolute atomic E-state index is 4.46. The van der Waals surface area contributed by atoms with Gasteiger partial charge >= 0.3 is 0 Å². The number of hydrogen-bond acceptors (Lipinski definition) is 3. The SMILES string of the molecule is Cc1ccc(C(C)(C)/C=C(/P)N(C)C(NCCc2ccccn2)=C2CCCC2)cc1. The Morgan fingerprint density at radius 1 is 1.13 bits per heavy atom. The zero-order valence-electron chi connectivity index (χ0n) is 18.9. The molecule has 0 amide bonds. The molecule has 1 aromatic heterocycles. The largest absolute Gasteiger partial charge is 0.371 e. The minimum atomic E-state index is -0.0432. The molecule has 0 radical (unpaired) electrons. The van der Waals surface area contributed by atoms with E-state index in [0.717, 1.165) is 18.7 Å². The molecular weight excluding hydrogens is 385 g/mol. The number of nitrogens with one attached hydrogen (secondary N) is 1. The molecule has 1 aromatic carbocycles. The number of aromatic nitrogens is 1. The third-order valence-electron chi connectivity index (χ3n) is 5.97. The molecule has 0 bridgehead atoms. The van der Waals surface area contributed by atoms with E-state index in [1.807, 2.05) is 12.3 Å². The van der Waals surface area contributed by atoms with E-state index in [-0.39, 0.29) is 5.41 Å². The van der Waals surface area contributed by atoms with Crippen molar-refractivity contribution in [2.45, 2.75) is 58.3 Å². The van der Waals surface area contributed by atoms with Crippen LogP contribution in [0, 0.1) is 6.92 Å². The van der Waals surface area contributed by atoms with Crippen molar-refractivity contribution >= 4 is 9.24 Å². The molecule has 30 heavy (non-hydrogen) atoms. The van der Waals surface area contributed by atoms with Gasteiger partial charge in [-0.05, 0) is 55.9 Å². The maximum Gasteiger partial charge on any atom is 0.105 e. The van der Waals surface area contributed by atoms with E-state index < -0.39 is 0 Å². The number of allylic oxidation sites excluding steroid dienone is 2. The van der Waals surface area contributed by atoms with Gasteiger partial charge in [0, 0.05) is 42.8 Å². The van der Waals surface area contributed by atoms with Crippen LogP contribution in [0.1, 0.15) is 56.4 Å². The van der Waals surface area contributed by atoms with E-state index in [1.54, 1.807) is 5.57 Å². The summed E-state index contributed by atoms with van der Waals surface area (Å²) in [7, 11) is 5.14. The summed E-state index contributed by atoms with van der Waals surface area (Å²) in [5.74, 6) is 1.27. The molecule has 4 heteroatoms. The quantitative estimate of drug-likeness (QED) is 0.535. The molecule has 3 nitrogen and oxygen atoms in total. The number of pyridine rings is 1.